The standard InChI is InChI=1S/C20H20FN3O2/c1-14-4-3-5-17(12-14)26-13-18(25)23-19(20-22-10-11-24(20)2)15-6-8-16(21)9-7-15/h3-12,19H,13H2,1-2H3,(H,23,25)/t19-/m0/s1. The smallest absolute Gasteiger partial charge is 0.258 e. The molecule has 1 N–H and O–H groups in total. The molecule has 26 heavy (non-hydrogen) atoms. The summed E-state index contributed by atoms with van der Waals surface area (Å²) in [5, 5.41) is 2.91. The number of nitrogens with zero attached hydrogens (tertiary/aromatic N) is 2. The van der Waals surface area contributed by atoms with Gasteiger partial charge in [-0.2, -0.15) is 0 Å². The number of hydrogen-bond acceptors (Lipinski definition) is 3. The minimum atomic E-state index is -0.496. The Hall–Kier alpha value is -3.15. The Bertz CT molecular complexity index is 890. The predicted molar refractivity (Wildman–Crippen MR) is 96.3 cm³/mol. The Morgan fingerprint density at radius 2 is 2.04 bits per heavy atom. The van der Waals surface area contributed by atoms with Gasteiger partial charge in [-0.05, 0) is 42.3 Å². The van der Waals surface area contributed by atoms with E-state index in [-0.39, 0.29) is 18.3 Å². The van der Waals surface area contributed by atoms with Crippen molar-refractivity contribution in [3.63, 3.8) is 0 Å². The molecule has 0 unspecified atom stereocenters. The lowest BCUT2D eigenvalue weighted by Crippen LogP contribution is -2.34. The molecule has 0 saturated heterocycles. The molecule has 1 aromatic heterocycles. The summed E-state index contributed by atoms with van der Waals surface area (Å²) in [7, 11) is 1.84. The zero-order valence-electron chi connectivity index (χ0n) is 14.6. The van der Waals surface area contributed by atoms with Gasteiger partial charge in [-0.1, -0.05) is 24.3 Å². The number of carbonyl (C=O) groups is 1. The second-order valence-corrected chi connectivity index (χ2v) is 6.05. The highest BCUT2D eigenvalue weighted by Crippen LogP contribution is 2.21. The van der Waals surface area contributed by atoms with E-state index in [0.717, 1.165) is 11.1 Å². The maximum absolute atomic E-state index is 13.2. The SMILES string of the molecule is Cc1cccc(OCC(=O)N[C@@H](c2ccc(F)cc2)c2nccn2C)c1. The lowest BCUT2D eigenvalue weighted by molar-refractivity contribution is -0.123. The van der Waals surface area contributed by atoms with Gasteiger partial charge in [0.1, 0.15) is 23.4 Å². The van der Waals surface area contributed by atoms with Crippen molar-refractivity contribution in [1.82, 2.24) is 14.9 Å². The van der Waals surface area contributed by atoms with E-state index in [4.69, 9.17) is 4.74 Å². The van der Waals surface area contributed by atoms with Crippen molar-refractivity contribution in [3.05, 3.63) is 83.7 Å². The molecule has 3 aromatic rings. The highest BCUT2D eigenvalue weighted by atomic mass is 19.1. The van der Waals surface area contributed by atoms with E-state index < -0.39 is 6.04 Å². The number of rotatable bonds is 6. The molecule has 0 spiro atoms. The van der Waals surface area contributed by atoms with Crippen molar-refractivity contribution in [2.45, 2.75) is 13.0 Å². The second kappa shape index (κ2) is 7.82. The Kier molecular flexibility index (Phi) is 5.31. The zero-order valence-corrected chi connectivity index (χ0v) is 14.6. The average molecular weight is 353 g/mol. The average Bonchev–Trinajstić information content (AvgIpc) is 3.05. The molecule has 1 atom stereocenters. The van der Waals surface area contributed by atoms with E-state index in [1.165, 1.54) is 12.1 Å². The van der Waals surface area contributed by atoms with Gasteiger partial charge in [0, 0.05) is 19.4 Å². The van der Waals surface area contributed by atoms with Crippen molar-refractivity contribution in [2.75, 3.05) is 6.61 Å². The van der Waals surface area contributed by atoms with Crippen molar-refractivity contribution in [3.8, 4) is 5.75 Å². The molecule has 5 nitrogen and oxygen atoms in total. The molecule has 0 radical (unpaired) electrons. The number of nitrogens with one attached hydrogen (secondary N) is 1. The van der Waals surface area contributed by atoms with Gasteiger partial charge in [-0.15, -0.1) is 0 Å². The van der Waals surface area contributed by atoms with E-state index in [1.54, 1.807) is 30.6 Å². The van der Waals surface area contributed by atoms with Gasteiger partial charge < -0.3 is 14.6 Å². The highest BCUT2D eigenvalue weighted by molar-refractivity contribution is 5.78. The lowest BCUT2D eigenvalue weighted by Gasteiger charge is -2.19. The molecule has 6 heteroatoms. The minimum Gasteiger partial charge on any atom is -0.484 e. The van der Waals surface area contributed by atoms with Gasteiger partial charge in [-0.25, -0.2) is 9.37 Å². The van der Waals surface area contributed by atoms with Crippen LogP contribution >= 0.6 is 0 Å². The van der Waals surface area contributed by atoms with E-state index in [2.05, 4.69) is 10.3 Å². The van der Waals surface area contributed by atoms with Crippen LogP contribution in [0, 0.1) is 12.7 Å². The van der Waals surface area contributed by atoms with Crippen LogP contribution in [-0.4, -0.2) is 22.1 Å². The summed E-state index contributed by atoms with van der Waals surface area (Å²) in [5.74, 6) is 0.668. The van der Waals surface area contributed by atoms with Crippen LogP contribution in [0.5, 0.6) is 5.75 Å². The van der Waals surface area contributed by atoms with Crippen molar-refractivity contribution >= 4 is 5.91 Å². The number of halogens is 1. The Morgan fingerprint density at radius 3 is 2.69 bits per heavy atom. The third kappa shape index (κ3) is 4.27. The number of imidazole rings is 1. The molecular formula is C20H20FN3O2. The molecule has 3 rings (SSSR count). The first-order valence-corrected chi connectivity index (χ1v) is 8.24. The van der Waals surface area contributed by atoms with Crippen molar-refractivity contribution in [1.29, 1.82) is 0 Å². The summed E-state index contributed by atoms with van der Waals surface area (Å²) in [5.41, 5.74) is 1.80. The van der Waals surface area contributed by atoms with E-state index in [1.807, 2.05) is 36.7 Å². The van der Waals surface area contributed by atoms with Crippen LogP contribution in [0.4, 0.5) is 4.39 Å². The van der Waals surface area contributed by atoms with Gasteiger partial charge in [-0.3, -0.25) is 4.79 Å². The first kappa shape index (κ1) is 17.7. The topological polar surface area (TPSA) is 56.1 Å². The fraction of sp³-hybridized carbons (Fsp3) is 0.200. The molecule has 0 aliphatic carbocycles. The first-order chi connectivity index (χ1) is 12.5. The second-order valence-electron chi connectivity index (χ2n) is 6.05. The Morgan fingerprint density at radius 1 is 1.27 bits per heavy atom. The molecule has 1 amide bonds. The summed E-state index contributed by atoms with van der Waals surface area (Å²) in [6, 6.07) is 13.0. The number of ether oxygens (including phenoxy) is 1. The Labute approximate surface area is 151 Å². The third-order valence-corrected chi connectivity index (χ3v) is 3.98. The van der Waals surface area contributed by atoms with E-state index in [9.17, 15) is 9.18 Å². The maximum atomic E-state index is 13.2. The van der Waals surface area contributed by atoms with Crippen LogP contribution in [0.3, 0.4) is 0 Å². The fourth-order valence-electron chi connectivity index (χ4n) is 2.66. The minimum absolute atomic E-state index is 0.119. The van der Waals surface area contributed by atoms with Gasteiger partial charge >= 0.3 is 0 Å². The predicted octanol–water partition coefficient (Wildman–Crippen LogP) is 3.15. The molecule has 0 bridgehead atoms. The quantitative estimate of drug-likeness (QED) is 0.741. The molecule has 134 valence electrons. The number of amides is 1. The molecule has 1 heterocycles. The monoisotopic (exact) mass is 353 g/mol. The van der Waals surface area contributed by atoms with Crippen LogP contribution in [-0.2, 0) is 11.8 Å². The van der Waals surface area contributed by atoms with Gasteiger partial charge in [0.25, 0.3) is 5.91 Å². The van der Waals surface area contributed by atoms with Crippen LogP contribution in [0.1, 0.15) is 23.0 Å². The largest absolute Gasteiger partial charge is 0.484 e. The zero-order chi connectivity index (χ0) is 18.5. The summed E-state index contributed by atoms with van der Waals surface area (Å²) < 4.78 is 20.6. The summed E-state index contributed by atoms with van der Waals surface area (Å²) in [6.07, 6.45) is 3.45. The van der Waals surface area contributed by atoms with E-state index in [0.29, 0.717) is 11.6 Å². The van der Waals surface area contributed by atoms with Crippen LogP contribution < -0.4 is 10.1 Å². The highest BCUT2D eigenvalue weighted by Gasteiger charge is 2.21. The molecular weight excluding hydrogens is 333 g/mol. The number of aromatic nitrogens is 2. The van der Waals surface area contributed by atoms with Crippen LogP contribution in [0.2, 0.25) is 0 Å². The van der Waals surface area contributed by atoms with E-state index >= 15 is 0 Å². The number of carbonyl (C=O) groups excluding carboxylic acids is 1. The van der Waals surface area contributed by atoms with Crippen molar-refractivity contribution < 1.29 is 13.9 Å². The van der Waals surface area contributed by atoms with Crippen molar-refractivity contribution in [2.24, 2.45) is 7.05 Å². The number of aryl methyl sites for hydroxylation is 2. The molecule has 0 aliphatic rings. The molecule has 2 aromatic carbocycles. The van der Waals surface area contributed by atoms with Crippen LogP contribution in [0.15, 0.2) is 60.9 Å². The van der Waals surface area contributed by atoms with Gasteiger partial charge in [0.05, 0.1) is 0 Å². The molecule has 0 aliphatic heterocycles. The third-order valence-electron chi connectivity index (χ3n) is 3.98. The summed E-state index contributed by atoms with van der Waals surface area (Å²) in [6.45, 7) is 1.84. The van der Waals surface area contributed by atoms with Gasteiger partial charge in [0.2, 0.25) is 0 Å². The number of hydrogen-bond donors (Lipinski definition) is 1. The fourth-order valence-corrected chi connectivity index (χ4v) is 2.66. The molecule has 0 fully saturated rings. The molecule has 0 saturated carbocycles. The number of benzene rings is 2. The normalized spacial score (nSPS) is 11.8. The maximum Gasteiger partial charge on any atom is 0.258 e. The summed E-state index contributed by atoms with van der Waals surface area (Å²) >= 11 is 0. The van der Waals surface area contributed by atoms with Gasteiger partial charge in [0.15, 0.2) is 6.61 Å². The van der Waals surface area contributed by atoms with Crippen LogP contribution in [0.25, 0.3) is 0 Å². The Balaban J connectivity index is 1.74. The summed E-state index contributed by atoms with van der Waals surface area (Å²) in [4.78, 5) is 16.7. The lowest BCUT2D eigenvalue weighted by atomic mass is 10.1. The first-order valence-electron chi connectivity index (χ1n) is 8.24.